The van der Waals surface area contributed by atoms with Crippen LogP contribution in [0.3, 0.4) is 0 Å². The number of rotatable bonds is 6. The Balaban J connectivity index is 1.85. The Morgan fingerprint density at radius 3 is 2.22 bits per heavy atom. The van der Waals surface area contributed by atoms with Crippen molar-refractivity contribution in [3.63, 3.8) is 0 Å². The lowest BCUT2D eigenvalue weighted by Crippen LogP contribution is -1.97. The lowest BCUT2D eigenvalue weighted by molar-refractivity contribution is 0.408. The van der Waals surface area contributed by atoms with E-state index in [2.05, 4.69) is 12.1 Å². The maximum absolute atomic E-state index is 5.83. The van der Waals surface area contributed by atoms with Crippen molar-refractivity contribution in [2.45, 2.75) is 11.8 Å². The third kappa shape index (κ3) is 5.76. The predicted molar refractivity (Wildman–Crippen MR) is 113 cm³/mol. The molecule has 0 saturated heterocycles. The number of aliphatic imine (C=N–C) groups is 1. The number of methoxy groups -OCH3 is 1. The molecule has 0 radical (unpaired) electrons. The fourth-order valence-electron chi connectivity index (χ4n) is 2.29. The van der Waals surface area contributed by atoms with Gasteiger partial charge in [-0.05, 0) is 43.3 Å². The first-order valence-corrected chi connectivity index (χ1v) is 9.41. The number of thioether (sulfide) groups is 1. The first-order valence-electron chi connectivity index (χ1n) is 8.59. The van der Waals surface area contributed by atoms with Crippen LogP contribution in [0, 0.1) is 0 Å². The second-order valence-electron chi connectivity index (χ2n) is 5.77. The average molecular weight is 375 g/mol. The summed E-state index contributed by atoms with van der Waals surface area (Å²) in [5.41, 5.74) is 1.85. The molecule has 3 nitrogen and oxygen atoms in total. The Morgan fingerprint density at radius 2 is 1.52 bits per heavy atom. The van der Waals surface area contributed by atoms with Gasteiger partial charge in [0.05, 0.1) is 19.1 Å². The molecular formula is C23H21NO2S. The highest BCUT2D eigenvalue weighted by Crippen LogP contribution is 2.27. The second kappa shape index (κ2) is 9.64. The van der Waals surface area contributed by atoms with E-state index in [-0.39, 0.29) is 0 Å². The summed E-state index contributed by atoms with van der Waals surface area (Å²) in [4.78, 5) is 5.93. The maximum Gasteiger partial charge on any atom is 0.130 e. The summed E-state index contributed by atoms with van der Waals surface area (Å²) in [5.74, 6) is 1.48. The predicted octanol–water partition coefficient (Wildman–Crippen LogP) is 6.50. The summed E-state index contributed by atoms with van der Waals surface area (Å²) >= 11 is 1.61. The Labute approximate surface area is 164 Å². The molecule has 0 bridgehead atoms. The van der Waals surface area contributed by atoms with Gasteiger partial charge in [-0.15, -0.1) is 0 Å². The van der Waals surface area contributed by atoms with Gasteiger partial charge in [0, 0.05) is 16.5 Å². The molecule has 0 N–H and O–H groups in total. The van der Waals surface area contributed by atoms with E-state index in [0.717, 1.165) is 32.7 Å². The van der Waals surface area contributed by atoms with Gasteiger partial charge in [-0.3, -0.25) is 0 Å². The van der Waals surface area contributed by atoms with Crippen LogP contribution in [-0.4, -0.2) is 12.2 Å². The first kappa shape index (κ1) is 18.8. The molecule has 0 saturated carbocycles. The fraction of sp³-hybridized carbons (Fsp3) is 0.0870. The van der Waals surface area contributed by atoms with E-state index in [1.807, 2.05) is 79.7 Å². The van der Waals surface area contributed by atoms with E-state index in [1.54, 1.807) is 25.1 Å². The summed E-state index contributed by atoms with van der Waals surface area (Å²) in [5, 5.41) is 0.885. The SMILES string of the molecule is COc1cccc(OC=C(C)C(=Nc2ccccc2)Sc2ccccc2)c1. The van der Waals surface area contributed by atoms with E-state index in [4.69, 9.17) is 14.5 Å². The molecule has 27 heavy (non-hydrogen) atoms. The van der Waals surface area contributed by atoms with Crippen LogP contribution in [-0.2, 0) is 0 Å². The van der Waals surface area contributed by atoms with Crippen molar-refractivity contribution in [2.24, 2.45) is 4.99 Å². The number of benzene rings is 3. The standard InChI is InChI=1S/C23H21NO2S/c1-18(17-26-21-13-9-12-20(16-21)25-2)23(24-19-10-5-3-6-11-19)27-22-14-7-4-8-15-22/h3-17H,1-2H3. The molecule has 0 unspecified atom stereocenters. The van der Waals surface area contributed by atoms with Gasteiger partial charge in [0.1, 0.15) is 16.5 Å². The average Bonchev–Trinajstić information content (AvgIpc) is 2.73. The van der Waals surface area contributed by atoms with Crippen LogP contribution >= 0.6 is 11.8 Å². The minimum atomic E-state index is 0.720. The summed E-state index contributed by atoms with van der Waals surface area (Å²) in [7, 11) is 1.64. The van der Waals surface area contributed by atoms with Gasteiger partial charge in [-0.25, -0.2) is 4.99 Å². The van der Waals surface area contributed by atoms with Gasteiger partial charge in [0.25, 0.3) is 0 Å². The van der Waals surface area contributed by atoms with Gasteiger partial charge in [-0.2, -0.15) is 0 Å². The monoisotopic (exact) mass is 375 g/mol. The second-order valence-corrected chi connectivity index (χ2v) is 6.83. The number of para-hydroxylation sites is 1. The number of nitrogens with zero attached hydrogens (tertiary/aromatic N) is 1. The summed E-state index contributed by atoms with van der Waals surface area (Å²) in [6.07, 6.45) is 1.73. The molecule has 3 aromatic carbocycles. The normalized spacial score (nSPS) is 11.9. The minimum absolute atomic E-state index is 0.720. The van der Waals surface area contributed by atoms with E-state index in [0.29, 0.717) is 0 Å². The highest BCUT2D eigenvalue weighted by molar-refractivity contribution is 8.14. The minimum Gasteiger partial charge on any atom is -0.497 e. The van der Waals surface area contributed by atoms with Crippen LogP contribution in [0.1, 0.15) is 6.92 Å². The largest absolute Gasteiger partial charge is 0.497 e. The smallest absolute Gasteiger partial charge is 0.130 e. The van der Waals surface area contributed by atoms with Gasteiger partial charge in [0.2, 0.25) is 0 Å². The van der Waals surface area contributed by atoms with Crippen molar-refractivity contribution in [2.75, 3.05) is 7.11 Å². The number of ether oxygens (including phenoxy) is 2. The highest BCUT2D eigenvalue weighted by atomic mass is 32.2. The van der Waals surface area contributed by atoms with E-state index in [9.17, 15) is 0 Å². The van der Waals surface area contributed by atoms with Crippen LogP contribution in [0.15, 0.2) is 107 Å². The zero-order chi connectivity index (χ0) is 18.9. The molecule has 3 aromatic rings. The molecule has 0 aliphatic rings. The van der Waals surface area contributed by atoms with Gasteiger partial charge in [-0.1, -0.05) is 54.2 Å². The number of hydrogen-bond donors (Lipinski definition) is 0. The van der Waals surface area contributed by atoms with Crippen molar-refractivity contribution in [1.82, 2.24) is 0 Å². The van der Waals surface area contributed by atoms with E-state index < -0.39 is 0 Å². The Morgan fingerprint density at radius 1 is 0.852 bits per heavy atom. The van der Waals surface area contributed by atoms with Crippen molar-refractivity contribution < 1.29 is 9.47 Å². The topological polar surface area (TPSA) is 30.8 Å². The Bertz CT molecular complexity index is 921. The van der Waals surface area contributed by atoms with Crippen LogP contribution in [0.4, 0.5) is 5.69 Å². The van der Waals surface area contributed by atoms with E-state index >= 15 is 0 Å². The number of hydrogen-bond acceptors (Lipinski definition) is 4. The molecule has 0 aliphatic heterocycles. The zero-order valence-electron chi connectivity index (χ0n) is 15.3. The molecule has 0 spiro atoms. The molecule has 0 atom stereocenters. The van der Waals surface area contributed by atoms with Gasteiger partial charge < -0.3 is 9.47 Å². The van der Waals surface area contributed by atoms with E-state index in [1.165, 1.54) is 0 Å². The highest BCUT2D eigenvalue weighted by Gasteiger charge is 2.07. The molecule has 0 aliphatic carbocycles. The van der Waals surface area contributed by atoms with Crippen molar-refractivity contribution in [3.05, 3.63) is 96.8 Å². The Kier molecular flexibility index (Phi) is 6.72. The lowest BCUT2D eigenvalue weighted by Gasteiger charge is -2.09. The summed E-state index contributed by atoms with van der Waals surface area (Å²) in [6.45, 7) is 2.00. The lowest BCUT2D eigenvalue weighted by atomic mass is 10.3. The summed E-state index contributed by atoms with van der Waals surface area (Å²) in [6, 6.07) is 27.6. The molecular weight excluding hydrogens is 354 g/mol. The molecule has 0 amide bonds. The van der Waals surface area contributed by atoms with Crippen molar-refractivity contribution in [3.8, 4) is 11.5 Å². The third-order valence-electron chi connectivity index (χ3n) is 3.69. The molecule has 0 fully saturated rings. The first-order chi connectivity index (χ1) is 13.2. The zero-order valence-corrected chi connectivity index (χ0v) is 16.1. The van der Waals surface area contributed by atoms with Crippen molar-refractivity contribution in [1.29, 1.82) is 0 Å². The fourth-order valence-corrected chi connectivity index (χ4v) is 3.17. The maximum atomic E-state index is 5.83. The third-order valence-corrected chi connectivity index (χ3v) is 4.81. The molecule has 4 heteroatoms. The molecule has 0 heterocycles. The summed E-state index contributed by atoms with van der Waals surface area (Å²) < 4.78 is 11.1. The molecule has 3 rings (SSSR count). The van der Waals surface area contributed by atoms with Crippen molar-refractivity contribution >= 4 is 22.5 Å². The van der Waals surface area contributed by atoms with Gasteiger partial charge in [0.15, 0.2) is 0 Å². The van der Waals surface area contributed by atoms with Gasteiger partial charge >= 0.3 is 0 Å². The van der Waals surface area contributed by atoms with Crippen LogP contribution < -0.4 is 9.47 Å². The van der Waals surface area contributed by atoms with Crippen LogP contribution in [0.2, 0.25) is 0 Å². The van der Waals surface area contributed by atoms with Crippen LogP contribution in [0.25, 0.3) is 0 Å². The quantitative estimate of drug-likeness (QED) is 0.213. The molecule has 0 aromatic heterocycles. The van der Waals surface area contributed by atoms with Crippen LogP contribution in [0.5, 0.6) is 11.5 Å². The Hall–Kier alpha value is -2.98. The molecule has 136 valence electrons.